The van der Waals surface area contributed by atoms with Gasteiger partial charge in [0.15, 0.2) is 0 Å². The fraction of sp³-hybridized carbons (Fsp3) is 1.00. The lowest BCUT2D eigenvalue weighted by Gasteiger charge is -2.30. The molecule has 0 unspecified atom stereocenters. The molecule has 0 bridgehead atoms. The monoisotopic (exact) mass is 322 g/mol. The Labute approximate surface area is 126 Å². The van der Waals surface area contributed by atoms with Gasteiger partial charge < -0.3 is 0 Å². The molecule has 0 aromatic carbocycles. The van der Waals surface area contributed by atoms with E-state index in [-0.39, 0.29) is 0 Å². The van der Waals surface area contributed by atoms with Crippen LogP contribution in [-0.2, 0) is 0 Å². The van der Waals surface area contributed by atoms with Gasteiger partial charge in [-0.15, -0.1) is 0 Å². The molecule has 0 heterocycles. The summed E-state index contributed by atoms with van der Waals surface area (Å²) in [5, 5.41) is 2.98. The fourth-order valence-electron chi connectivity index (χ4n) is 2.45. The normalized spacial score (nSPS) is 13.0. The van der Waals surface area contributed by atoms with E-state index >= 15 is 0 Å². The van der Waals surface area contributed by atoms with E-state index in [0.717, 1.165) is 0 Å². The van der Waals surface area contributed by atoms with Gasteiger partial charge in [0, 0.05) is 0 Å². The largest absolute Gasteiger partial charge is 0.0975 e. The Bertz CT molecular complexity index is 163. The minimum atomic E-state index is -0.887. The Balaban J connectivity index is 4.11. The van der Waals surface area contributed by atoms with E-state index < -0.39 is 16.1 Å². The van der Waals surface area contributed by atoms with Crippen molar-refractivity contribution < 1.29 is 0 Å². The summed E-state index contributed by atoms with van der Waals surface area (Å²) >= 11 is 0. The van der Waals surface area contributed by atoms with E-state index in [1.165, 1.54) is 47.0 Å². The van der Waals surface area contributed by atoms with Gasteiger partial charge in [-0.1, -0.05) is 99.4 Å². The van der Waals surface area contributed by atoms with Crippen LogP contribution in [0.15, 0.2) is 0 Å². The van der Waals surface area contributed by atoms with Gasteiger partial charge in [0.1, 0.15) is 0 Å². The zero-order valence-corrected chi connectivity index (χ0v) is 17.1. The molecule has 0 fully saturated rings. The molecule has 0 spiro atoms. The molecule has 0 radical (unpaired) electrons. The highest BCUT2D eigenvalue weighted by Crippen LogP contribution is 2.35. The van der Waals surface area contributed by atoms with Gasteiger partial charge in [-0.05, 0) is 10.8 Å². The molecule has 110 valence electrons. The maximum atomic E-state index is 2.42. The first kappa shape index (κ1) is 19.1. The highest BCUT2D eigenvalue weighted by atomic mass is 33.1. The number of hydrogen-bond acceptors (Lipinski definition) is 2. The Kier molecular flexibility index (Phi) is 10.6. The second kappa shape index (κ2) is 9.95. The van der Waals surface area contributed by atoms with E-state index in [9.17, 15) is 0 Å². The van der Waals surface area contributed by atoms with Gasteiger partial charge in [0.2, 0.25) is 0 Å². The van der Waals surface area contributed by atoms with Crippen molar-refractivity contribution in [1.29, 1.82) is 0 Å². The first-order valence-electron chi connectivity index (χ1n) is 7.82. The highest BCUT2D eigenvalue weighted by molar-refractivity contribution is 8.77. The summed E-state index contributed by atoms with van der Waals surface area (Å²) < 4.78 is 0. The summed E-state index contributed by atoms with van der Waals surface area (Å²) in [6.07, 6.45) is 0. The average molecular weight is 323 g/mol. The topological polar surface area (TPSA) is 0 Å². The van der Waals surface area contributed by atoms with E-state index in [1.807, 2.05) is 0 Å². The van der Waals surface area contributed by atoms with Crippen molar-refractivity contribution in [1.82, 2.24) is 0 Å². The molecule has 0 aliphatic heterocycles. The van der Waals surface area contributed by atoms with E-state index in [0.29, 0.717) is 0 Å². The van der Waals surface area contributed by atoms with Gasteiger partial charge in [-0.2, -0.15) is 0 Å². The molecule has 4 heteroatoms. The first-order valence-corrected chi connectivity index (χ1v) is 16.0. The standard InChI is InChI=1S/C14H34S2Si2/c1-7-17(8-2,9-3)13-15-16-14-18(10-4,11-5)12-6/h7-14H2,1-6H3. The van der Waals surface area contributed by atoms with Crippen molar-refractivity contribution in [2.45, 2.75) is 77.8 Å². The smallest absolute Gasteiger partial charge is 0.0642 e. The van der Waals surface area contributed by atoms with Gasteiger partial charge in [-0.25, -0.2) is 0 Å². The molecule has 0 atom stereocenters. The minimum absolute atomic E-state index is 0.887. The predicted octanol–water partition coefficient (Wildman–Crippen LogP) is 6.46. The molecule has 0 N–H and O–H groups in total. The van der Waals surface area contributed by atoms with E-state index in [2.05, 4.69) is 63.1 Å². The lowest BCUT2D eigenvalue weighted by molar-refractivity contribution is 1.17. The van der Waals surface area contributed by atoms with Crippen LogP contribution in [0, 0.1) is 0 Å². The molecule has 0 aliphatic rings. The summed E-state index contributed by atoms with van der Waals surface area (Å²) in [5.74, 6) is 0. The molecule has 0 rings (SSSR count). The number of hydrogen-bond donors (Lipinski definition) is 0. The third-order valence-corrected chi connectivity index (χ3v) is 22.9. The quantitative estimate of drug-likeness (QED) is 0.243. The first-order chi connectivity index (χ1) is 8.57. The van der Waals surface area contributed by atoms with Gasteiger partial charge in [-0.3, -0.25) is 0 Å². The third kappa shape index (κ3) is 5.63. The van der Waals surface area contributed by atoms with Crippen LogP contribution >= 0.6 is 21.6 Å². The van der Waals surface area contributed by atoms with Crippen molar-refractivity contribution in [3.8, 4) is 0 Å². The van der Waals surface area contributed by atoms with Crippen LogP contribution in [0.2, 0.25) is 36.3 Å². The van der Waals surface area contributed by atoms with Gasteiger partial charge in [0.25, 0.3) is 0 Å². The van der Waals surface area contributed by atoms with Crippen LogP contribution < -0.4 is 0 Å². The summed E-state index contributed by atoms with van der Waals surface area (Å²) in [7, 11) is 2.67. The SMILES string of the molecule is CC[Si](CC)(CC)CSSC[Si](CC)(CC)CC. The van der Waals surface area contributed by atoms with Crippen LogP contribution in [0.4, 0.5) is 0 Å². The Morgan fingerprint density at radius 3 is 0.889 bits per heavy atom. The minimum Gasteiger partial charge on any atom is -0.0975 e. The Morgan fingerprint density at radius 2 is 0.722 bits per heavy atom. The molecule has 0 saturated carbocycles. The van der Waals surface area contributed by atoms with Crippen LogP contribution in [-0.4, -0.2) is 26.9 Å². The maximum absolute atomic E-state index is 2.42. The van der Waals surface area contributed by atoms with Gasteiger partial charge >= 0.3 is 0 Å². The molecular formula is C14H34S2Si2. The summed E-state index contributed by atoms with van der Waals surface area (Å²) in [4.78, 5) is 0. The van der Waals surface area contributed by atoms with Crippen molar-refractivity contribution >= 4 is 37.7 Å². The molecule has 0 amide bonds. The second-order valence-corrected chi connectivity index (χ2v) is 20.1. The van der Waals surface area contributed by atoms with Crippen LogP contribution in [0.3, 0.4) is 0 Å². The third-order valence-electron chi connectivity index (χ3n) is 5.31. The summed E-state index contributed by atoms with van der Waals surface area (Å²) in [6, 6.07) is 8.87. The Morgan fingerprint density at radius 1 is 0.500 bits per heavy atom. The maximum Gasteiger partial charge on any atom is 0.0642 e. The van der Waals surface area contributed by atoms with Crippen LogP contribution in [0.5, 0.6) is 0 Å². The molecule has 0 aromatic heterocycles. The van der Waals surface area contributed by atoms with Gasteiger partial charge in [0.05, 0.1) is 16.1 Å². The van der Waals surface area contributed by atoms with Crippen molar-refractivity contribution in [3.05, 3.63) is 0 Å². The van der Waals surface area contributed by atoms with E-state index in [4.69, 9.17) is 0 Å². The van der Waals surface area contributed by atoms with Crippen LogP contribution in [0.1, 0.15) is 41.5 Å². The zero-order chi connectivity index (χ0) is 14.1. The molecule has 0 saturated heterocycles. The molecule has 18 heavy (non-hydrogen) atoms. The van der Waals surface area contributed by atoms with Crippen molar-refractivity contribution in [2.75, 3.05) is 10.8 Å². The van der Waals surface area contributed by atoms with Crippen LogP contribution in [0.25, 0.3) is 0 Å². The molecule has 0 aromatic rings. The molecule has 0 aliphatic carbocycles. The predicted molar refractivity (Wildman–Crippen MR) is 99.3 cm³/mol. The molecule has 0 nitrogen and oxygen atoms in total. The fourth-order valence-corrected chi connectivity index (χ4v) is 19.0. The van der Waals surface area contributed by atoms with E-state index in [1.54, 1.807) is 0 Å². The average Bonchev–Trinajstić information content (AvgIpc) is 2.45. The Hall–Kier alpha value is 1.13. The lowest BCUT2D eigenvalue weighted by atomic mass is 10.9. The van der Waals surface area contributed by atoms with Crippen molar-refractivity contribution in [2.24, 2.45) is 0 Å². The summed E-state index contributed by atoms with van der Waals surface area (Å²) in [5.41, 5.74) is 0. The highest BCUT2D eigenvalue weighted by Gasteiger charge is 2.29. The zero-order valence-electron chi connectivity index (χ0n) is 13.5. The number of rotatable bonds is 11. The second-order valence-electron chi connectivity index (χ2n) is 5.65. The lowest BCUT2D eigenvalue weighted by Crippen LogP contribution is -2.36. The van der Waals surface area contributed by atoms with Crippen molar-refractivity contribution in [3.63, 3.8) is 0 Å². The summed E-state index contributed by atoms with van der Waals surface area (Å²) in [6.45, 7) is 14.5. The molecular weight excluding hydrogens is 288 g/mol.